The Morgan fingerprint density at radius 3 is 2.06 bits per heavy atom. The van der Waals surface area contributed by atoms with E-state index in [-0.39, 0.29) is 6.04 Å². The second-order valence-electron chi connectivity index (χ2n) is 8.97. The Bertz CT molecular complexity index is 926. The fourth-order valence-corrected chi connectivity index (χ4v) is 4.40. The van der Waals surface area contributed by atoms with E-state index in [9.17, 15) is 0 Å². The molecule has 2 aromatic heterocycles. The summed E-state index contributed by atoms with van der Waals surface area (Å²) in [6.07, 6.45) is 27.3. The predicted molar refractivity (Wildman–Crippen MR) is 137 cm³/mol. The van der Waals surface area contributed by atoms with Crippen LogP contribution in [-0.2, 0) is 6.54 Å². The molecule has 1 saturated heterocycles. The number of allylic oxidation sites excluding steroid dienone is 4. The van der Waals surface area contributed by atoms with E-state index < -0.39 is 0 Å². The monoisotopic (exact) mass is 444 g/mol. The first-order valence-corrected chi connectivity index (χ1v) is 12.4. The number of hydrogen-bond acceptors (Lipinski definition) is 6. The van der Waals surface area contributed by atoms with E-state index in [0.717, 1.165) is 17.8 Å². The Morgan fingerprint density at radius 2 is 1.48 bits per heavy atom. The smallest absolute Gasteiger partial charge is 0.225 e. The van der Waals surface area contributed by atoms with Gasteiger partial charge < -0.3 is 11.1 Å². The lowest BCUT2D eigenvalue weighted by Crippen LogP contribution is -2.18. The van der Waals surface area contributed by atoms with Gasteiger partial charge in [0.25, 0.3) is 0 Å². The summed E-state index contributed by atoms with van der Waals surface area (Å²) < 4.78 is 0. The first-order valence-electron chi connectivity index (χ1n) is 12.4. The Balaban J connectivity index is 0.000000376. The summed E-state index contributed by atoms with van der Waals surface area (Å²) in [7, 11) is 0. The van der Waals surface area contributed by atoms with E-state index in [1.807, 2.05) is 48.7 Å². The first-order chi connectivity index (χ1) is 16.3. The van der Waals surface area contributed by atoms with Crippen molar-refractivity contribution in [3.63, 3.8) is 0 Å². The highest BCUT2D eigenvalue weighted by molar-refractivity contribution is 5.70. The number of aromatic nitrogens is 3. The van der Waals surface area contributed by atoms with Crippen molar-refractivity contribution in [2.75, 3.05) is 24.1 Å². The van der Waals surface area contributed by atoms with Gasteiger partial charge in [0.2, 0.25) is 5.95 Å². The average Bonchev–Trinajstić information content (AvgIpc) is 3.23. The molecule has 3 heterocycles. The zero-order valence-corrected chi connectivity index (χ0v) is 19.5. The first kappa shape index (κ1) is 23.2. The molecule has 0 spiro atoms. The number of hydrogen-bond donors (Lipinski definition) is 2. The molecule has 174 valence electrons. The topological polar surface area (TPSA) is 80.0 Å². The van der Waals surface area contributed by atoms with Gasteiger partial charge >= 0.3 is 0 Å². The van der Waals surface area contributed by atoms with Crippen molar-refractivity contribution < 1.29 is 0 Å². The maximum Gasteiger partial charge on any atom is 0.225 e. The molecule has 1 aliphatic heterocycles. The van der Waals surface area contributed by atoms with Crippen LogP contribution in [0.1, 0.15) is 56.9 Å². The van der Waals surface area contributed by atoms with Crippen LogP contribution < -0.4 is 11.1 Å². The minimum absolute atomic E-state index is 0.0354. The number of nitrogens with one attached hydrogen (secondary N) is 1. The lowest BCUT2D eigenvalue weighted by Gasteiger charge is -2.14. The number of rotatable bonds is 5. The van der Waals surface area contributed by atoms with Gasteiger partial charge in [0.1, 0.15) is 5.82 Å². The molecule has 2 fully saturated rings. The second kappa shape index (κ2) is 12.3. The summed E-state index contributed by atoms with van der Waals surface area (Å²) in [5.41, 5.74) is 8.94. The summed E-state index contributed by atoms with van der Waals surface area (Å²) in [5, 5.41) is 3.25. The molecule has 6 heteroatoms. The largest absolute Gasteiger partial charge is 0.383 e. The quantitative estimate of drug-likeness (QED) is 0.632. The molecule has 3 aliphatic rings. The molecule has 2 aromatic rings. The fraction of sp³-hybridized carbons (Fsp3) is 0.444. The van der Waals surface area contributed by atoms with Crippen molar-refractivity contribution in [3.05, 3.63) is 66.5 Å². The van der Waals surface area contributed by atoms with Gasteiger partial charge in [-0.3, -0.25) is 9.88 Å². The number of likely N-dealkylation sites (tertiary alicyclic amines) is 1. The highest BCUT2D eigenvalue weighted by Crippen LogP contribution is 2.23. The van der Waals surface area contributed by atoms with Crippen LogP contribution in [0.2, 0.25) is 0 Å². The van der Waals surface area contributed by atoms with Crippen molar-refractivity contribution >= 4 is 11.8 Å². The van der Waals surface area contributed by atoms with Gasteiger partial charge in [0, 0.05) is 18.9 Å². The van der Waals surface area contributed by atoms with Gasteiger partial charge in [-0.2, -0.15) is 4.98 Å². The molecule has 0 aromatic carbocycles. The van der Waals surface area contributed by atoms with Crippen LogP contribution in [0.3, 0.4) is 0 Å². The SMILES string of the molecule is C1CCCCC1.Nc1nc(NC2C=CC=CC=C2)ncc1-c1ccc(CN2CCCC2)cn1. The molecule has 0 amide bonds. The standard InChI is InChI=1S/C21H24N6.C6H12/c22-20-18(14-24-21(26-20)25-17-7-3-1-2-4-8-17)19-10-9-16(13-23-19)15-27-11-5-6-12-27;1-2-4-6-5-3-1/h1-4,7-10,13-14,17H,5-6,11-12,15H2,(H3,22,24,25,26);1-6H2. The number of anilines is 2. The van der Waals surface area contributed by atoms with Crippen molar-refractivity contribution in [3.8, 4) is 11.3 Å². The molecule has 0 unspecified atom stereocenters. The fourth-order valence-electron chi connectivity index (χ4n) is 4.40. The van der Waals surface area contributed by atoms with Crippen molar-refractivity contribution in [1.82, 2.24) is 19.9 Å². The van der Waals surface area contributed by atoms with Crippen molar-refractivity contribution in [2.24, 2.45) is 0 Å². The van der Waals surface area contributed by atoms with Crippen LogP contribution >= 0.6 is 0 Å². The van der Waals surface area contributed by atoms with E-state index in [2.05, 4.69) is 31.2 Å². The van der Waals surface area contributed by atoms with Gasteiger partial charge in [0.15, 0.2) is 0 Å². The molecule has 0 bridgehead atoms. The lowest BCUT2D eigenvalue weighted by atomic mass is 10.0. The van der Waals surface area contributed by atoms with Crippen LogP contribution in [0.4, 0.5) is 11.8 Å². The molecule has 0 atom stereocenters. The Kier molecular flexibility index (Phi) is 8.64. The molecule has 0 radical (unpaired) electrons. The second-order valence-corrected chi connectivity index (χ2v) is 8.97. The average molecular weight is 445 g/mol. The minimum Gasteiger partial charge on any atom is -0.383 e. The minimum atomic E-state index is 0.0354. The Labute approximate surface area is 197 Å². The summed E-state index contributed by atoms with van der Waals surface area (Å²) in [6, 6.07) is 4.14. The maximum atomic E-state index is 6.17. The third kappa shape index (κ3) is 7.26. The maximum absolute atomic E-state index is 6.17. The summed E-state index contributed by atoms with van der Waals surface area (Å²) >= 11 is 0. The zero-order valence-electron chi connectivity index (χ0n) is 19.5. The summed E-state index contributed by atoms with van der Waals surface area (Å²) in [6.45, 7) is 3.32. The molecule has 5 rings (SSSR count). The zero-order chi connectivity index (χ0) is 22.7. The molecule has 3 N–H and O–H groups in total. The molecular weight excluding hydrogens is 408 g/mol. The van der Waals surface area contributed by atoms with E-state index in [0.29, 0.717) is 11.8 Å². The van der Waals surface area contributed by atoms with Crippen LogP contribution in [0.15, 0.2) is 61.0 Å². The number of nitrogens with two attached hydrogens (primary N) is 1. The van der Waals surface area contributed by atoms with Gasteiger partial charge in [0.05, 0.1) is 17.3 Å². The van der Waals surface area contributed by atoms with Gasteiger partial charge in [-0.15, -0.1) is 0 Å². The molecule has 33 heavy (non-hydrogen) atoms. The van der Waals surface area contributed by atoms with Crippen molar-refractivity contribution in [1.29, 1.82) is 0 Å². The summed E-state index contributed by atoms with van der Waals surface area (Å²) in [5.74, 6) is 0.926. The van der Waals surface area contributed by atoms with Crippen molar-refractivity contribution in [2.45, 2.75) is 64.0 Å². The highest BCUT2D eigenvalue weighted by Gasteiger charge is 2.13. The molecular formula is C27H36N6. The third-order valence-electron chi connectivity index (χ3n) is 6.29. The van der Waals surface area contributed by atoms with Crippen LogP contribution in [0.25, 0.3) is 11.3 Å². The summed E-state index contributed by atoms with van der Waals surface area (Å²) in [4.78, 5) is 15.8. The van der Waals surface area contributed by atoms with Crippen LogP contribution in [0, 0.1) is 0 Å². The number of nitrogens with zero attached hydrogens (tertiary/aromatic N) is 4. The van der Waals surface area contributed by atoms with Gasteiger partial charge in [-0.05, 0) is 37.6 Å². The van der Waals surface area contributed by atoms with E-state index in [1.54, 1.807) is 6.20 Å². The van der Waals surface area contributed by atoms with Crippen LogP contribution in [0.5, 0.6) is 0 Å². The third-order valence-corrected chi connectivity index (χ3v) is 6.29. The Morgan fingerprint density at radius 1 is 0.818 bits per heavy atom. The van der Waals surface area contributed by atoms with Gasteiger partial charge in [-0.1, -0.05) is 81.0 Å². The van der Waals surface area contributed by atoms with E-state index >= 15 is 0 Å². The highest BCUT2D eigenvalue weighted by atomic mass is 15.1. The van der Waals surface area contributed by atoms with Gasteiger partial charge in [-0.25, -0.2) is 4.98 Å². The molecule has 1 saturated carbocycles. The van der Waals surface area contributed by atoms with E-state index in [1.165, 1.54) is 70.0 Å². The van der Waals surface area contributed by atoms with E-state index in [4.69, 9.17) is 5.73 Å². The van der Waals surface area contributed by atoms with Crippen LogP contribution in [-0.4, -0.2) is 39.0 Å². The number of pyridine rings is 1. The molecule has 2 aliphatic carbocycles. The predicted octanol–water partition coefficient (Wildman–Crippen LogP) is 5.52. The lowest BCUT2D eigenvalue weighted by molar-refractivity contribution is 0.331. The Hall–Kier alpha value is -2.99. The normalized spacial score (nSPS) is 18.5. The molecule has 6 nitrogen and oxygen atoms in total. The number of nitrogen functional groups attached to an aromatic ring is 1.